The van der Waals surface area contributed by atoms with Crippen molar-refractivity contribution < 1.29 is 23.9 Å². The zero-order valence-electron chi connectivity index (χ0n) is 14.6. The molecule has 1 fully saturated rings. The van der Waals surface area contributed by atoms with Crippen LogP contribution in [0.4, 0.5) is 11.4 Å². The second-order valence-corrected chi connectivity index (χ2v) is 6.06. The van der Waals surface area contributed by atoms with E-state index in [-0.39, 0.29) is 24.3 Å². The lowest BCUT2D eigenvalue weighted by atomic mass is 10.2. The standard InChI is InChI=1S/C19H20N2O6/c22-19(13-27-16-8-6-15(7-9-16)21(23)24)20-14-3-1-4-17(11-14)26-12-18-5-2-10-25-18/h1,3-4,6-9,11,18H,2,5,10,12-13H2,(H,20,22). The Morgan fingerprint density at radius 1 is 1.19 bits per heavy atom. The van der Waals surface area contributed by atoms with Crippen LogP contribution in [0.2, 0.25) is 0 Å². The third-order valence-corrected chi connectivity index (χ3v) is 4.00. The highest BCUT2D eigenvalue weighted by Gasteiger charge is 2.16. The normalized spacial score (nSPS) is 15.9. The molecule has 8 heteroatoms. The topological polar surface area (TPSA) is 99.9 Å². The lowest BCUT2D eigenvalue weighted by molar-refractivity contribution is -0.384. The van der Waals surface area contributed by atoms with E-state index in [0.29, 0.717) is 23.8 Å². The molecule has 1 aliphatic rings. The Morgan fingerprint density at radius 2 is 2.00 bits per heavy atom. The highest BCUT2D eigenvalue weighted by molar-refractivity contribution is 5.92. The van der Waals surface area contributed by atoms with Gasteiger partial charge in [-0.2, -0.15) is 0 Å². The number of carbonyl (C=O) groups excluding carboxylic acids is 1. The van der Waals surface area contributed by atoms with E-state index >= 15 is 0 Å². The molecular formula is C19H20N2O6. The third kappa shape index (κ3) is 5.68. The zero-order valence-corrected chi connectivity index (χ0v) is 14.6. The lowest BCUT2D eigenvalue weighted by Crippen LogP contribution is -2.20. The molecule has 1 amide bonds. The van der Waals surface area contributed by atoms with Gasteiger partial charge in [0.15, 0.2) is 6.61 Å². The quantitative estimate of drug-likeness (QED) is 0.564. The van der Waals surface area contributed by atoms with Crippen LogP contribution in [0.5, 0.6) is 11.5 Å². The maximum atomic E-state index is 12.0. The van der Waals surface area contributed by atoms with Crippen molar-refractivity contribution >= 4 is 17.3 Å². The molecule has 0 saturated carbocycles. The third-order valence-electron chi connectivity index (χ3n) is 4.00. The molecule has 2 aromatic rings. The number of nitro benzene ring substituents is 1. The van der Waals surface area contributed by atoms with Crippen LogP contribution in [0.15, 0.2) is 48.5 Å². The first kappa shape index (κ1) is 18.7. The second-order valence-electron chi connectivity index (χ2n) is 6.06. The number of non-ortho nitro benzene ring substituents is 1. The smallest absolute Gasteiger partial charge is 0.269 e. The highest BCUT2D eigenvalue weighted by Crippen LogP contribution is 2.20. The van der Waals surface area contributed by atoms with Crippen molar-refractivity contribution in [1.29, 1.82) is 0 Å². The minimum atomic E-state index is -0.496. The maximum Gasteiger partial charge on any atom is 0.269 e. The van der Waals surface area contributed by atoms with Gasteiger partial charge in [-0.1, -0.05) is 6.07 Å². The summed E-state index contributed by atoms with van der Waals surface area (Å²) in [6, 6.07) is 12.6. The number of nitro groups is 1. The Kier molecular flexibility index (Phi) is 6.22. The number of carbonyl (C=O) groups is 1. The lowest BCUT2D eigenvalue weighted by Gasteiger charge is -2.12. The summed E-state index contributed by atoms with van der Waals surface area (Å²) in [7, 11) is 0. The largest absolute Gasteiger partial charge is 0.491 e. The van der Waals surface area contributed by atoms with E-state index in [9.17, 15) is 14.9 Å². The summed E-state index contributed by atoms with van der Waals surface area (Å²) in [5, 5.41) is 13.3. The number of rotatable bonds is 8. The Morgan fingerprint density at radius 3 is 2.70 bits per heavy atom. The van der Waals surface area contributed by atoms with Crippen molar-refractivity contribution in [3.63, 3.8) is 0 Å². The predicted molar refractivity (Wildman–Crippen MR) is 98.1 cm³/mol. The van der Waals surface area contributed by atoms with Gasteiger partial charge in [0.05, 0.1) is 11.0 Å². The second kappa shape index (κ2) is 9.00. The predicted octanol–water partition coefficient (Wildman–Crippen LogP) is 3.17. The fourth-order valence-corrected chi connectivity index (χ4v) is 2.64. The summed E-state index contributed by atoms with van der Waals surface area (Å²) in [5.74, 6) is 0.689. The molecule has 3 rings (SSSR count). The van der Waals surface area contributed by atoms with Crippen LogP contribution in [0.25, 0.3) is 0 Å². The zero-order chi connectivity index (χ0) is 19.1. The average molecular weight is 372 g/mol. The van der Waals surface area contributed by atoms with E-state index in [4.69, 9.17) is 14.2 Å². The number of hydrogen-bond acceptors (Lipinski definition) is 6. The summed E-state index contributed by atoms with van der Waals surface area (Å²) in [6.45, 7) is 1.05. The first-order valence-corrected chi connectivity index (χ1v) is 8.62. The Hall–Kier alpha value is -3.13. The molecule has 1 N–H and O–H groups in total. The van der Waals surface area contributed by atoms with Crippen molar-refractivity contribution in [2.75, 3.05) is 25.1 Å². The van der Waals surface area contributed by atoms with Crippen LogP contribution in [0.3, 0.4) is 0 Å². The summed E-state index contributed by atoms with van der Waals surface area (Å²) in [4.78, 5) is 22.2. The van der Waals surface area contributed by atoms with E-state index in [1.165, 1.54) is 24.3 Å². The van der Waals surface area contributed by atoms with Gasteiger partial charge >= 0.3 is 0 Å². The molecule has 1 saturated heterocycles. The molecule has 142 valence electrons. The van der Waals surface area contributed by atoms with Crippen LogP contribution in [-0.4, -0.2) is 36.8 Å². The first-order valence-electron chi connectivity index (χ1n) is 8.62. The van der Waals surface area contributed by atoms with Gasteiger partial charge in [-0.3, -0.25) is 14.9 Å². The van der Waals surface area contributed by atoms with Gasteiger partial charge in [0.1, 0.15) is 18.1 Å². The molecule has 1 heterocycles. The van der Waals surface area contributed by atoms with Crippen molar-refractivity contribution in [2.45, 2.75) is 18.9 Å². The summed E-state index contributed by atoms with van der Waals surface area (Å²) < 4.78 is 16.6. The molecule has 0 bridgehead atoms. The molecule has 1 unspecified atom stereocenters. The van der Waals surface area contributed by atoms with Crippen molar-refractivity contribution in [3.8, 4) is 11.5 Å². The number of nitrogens with zero attached hydrogens (tertiary/aromatic N) is 1. The number of nitrogens with one attached hydrogen (secondary N) is 1. The van der Waals surface area contributed by atoms with Gasteiger partial charge in [0, 0.05) is 30.5 Å². The molecule has 0 aromatic heterocycles. The van der Waals surface area contributed by atoms with Crippen molar-refractivity contribution in [1.82, 2.24) is 0 Å². The van der Waals surface area contributed by atoms with Crippen molar-refractivity contribution in [2.24, 2.45) is 0 Å². The molecule has 0 spiro atoms. The van der Waals surface area contributed by atoms with Gasteiger partial charge in [0.25, 0.3) is 11.6 Å². The Bertz CT molecular complexity index is 787. The number of anilines is 1. The molecule has 8 nitrogen and oxygen atoms in total. The molecule has 2 aromatic carbocycles. The number of hydrogen-bond donors (Lipinski definition) is 1. The van der Waals surface area contributed by atoms with E-state index in [1.54, 1.807) is 18.2 Å². The Balaban J connectivity index is 1.47. The van der Waals surface area contributed by atoms with Crippen LogP contribution in [0.1, 0.15) is 12.8 Å². The van der Waals surface area contributed by atoms with E-state index in [1.807, 2.05) is 6.07 Å². The van der Waals surface area contributed by atoms with E-state index in [2.05, 4.69) is 5.32 Å². The van der Waals surface area contributed by atoms with Crippen LogP contribution in [-0.2, 0) is 9.53 Å². The summed E-state index contributed by atoms with van der Waals surface area (Å²) in [6.07, 6.45) is 2.17. The molecule has 0 aliphatic carbocycles. The number of benzene rings is 2. The fourth-order valence-electron chi connectivity index (χ4n) is 2.64. The maximum absolute atomic E-state index is 12.0. The minimum absolute atomic E-state index is 0.0355. The van der Waals surface area contributed by atoms with Gasteiger partial charge in [-0.05, 0) is 37.1 Å². The fraction of sp³-hybridized carbons (Fsp3) is 0.316. The summed E-state index contributed by atoms with van der Waals surface area (Å²) >= 11 is 0. The minimum Gasteiger partial charge on any atom is -0.491 e. The van der Waals surface area contributed by atoms with Gasteiger partial charge in [0.2, 0.25) is 0 Å². The SMILES string of the molecule is O=C(COc1ccc([N+](=O)[O-])cc1)Nc1cccc(OCC2CCCO2)c1. The van der Waals surface area contributed by atoms with Crippen LogP contribution >= 0.6 is 0 Å². The Labute approximate surface area is 156 Å². The van der Waals surface area contributed by atoms with E-state index in [0.717, 1.165) is 19.4 Å². The van der Waals surface area contributed by atoms with Crippen LogP contribution in [0, 0.1) is 10.1 Å². The average Bonchev–Trinajstić information content (AvgIpc) is 3.19. The molecule has 27 heavy (non-hydrogen) atoms. The first-order chi connectivity index (χ1) is 13.1. The molecule has 1 aliphatic heterocycles. The van der Waals surface area contributed by atoms with Gasteiger partial charge in [-0.25, -0.2) is 0 Å². The summed E-state index contributed by atoms with van der Waals surface area (Å²) in [5.41, 5.74) is 0.559. The van der Waals surface area contributed by atoms with Crippen molar-refractivity contribution in [3.05, 3.63) is 58.6 Å². The monoisotopic (exact) mass is 372 g/mol. The van der Waals surface area contributed by atoms with E-state index < -0.39 is 4.92 Å². The highest BCUT2D eigenvalue weighted by atomic mass is 16.6. The van der Waals surface area contributed by atoms with Gasteiger partial charge in [-0.15, -0.1) is 0 Å². The molecular weight excluding hydrogens is 352 g/mol. The molecule has 1 atom stereocenters. The number of ether oxygens (including phenoxy) is 3. The van der Waals surface area contributed by atoms with Crippen LogP contribution < -0.4 is 14.8 Å². The molecule has 0 radical (unpaired) electrons. The number of amides is 1. The van der Waals surface area contributed by atoms with Gasteiger partial charge < -0.3 is 19.5 Å².